The van der Waals surface area contributed by atoms with E-state index in [1.807, 2.05) is 0 Å². The van der Waals surface area contributed by atoms with E-state index in [-0.39, 0.29) is 0 Å². The van der Waals surface area contributed by atoms with Gasteiger partial charge in [-0.05, 0) is 0 Å². The second-order valence-electron chi connectivity index (χ2n) is 1.17. The third-order valence-electron chi connectivity index (χ3n) is 0.494. The van der Waals surface area contributed by atoms with Gasteiger partial charge in [0.15, 0.2) is 0 Å². The normalized spacial score (nSPS) is 11.8. The quantitative estimate of drug-likeness (QED) is 0.468. The predicted molar refractivity (Wildman–Crippen MR) is 26.5 cm³/mol. The third kappa shape index (κ3) is 4.15. The molecule has 0 aliphatic rings. The number of hydrogen-bond acceptors (Lipinski definition) is 1. The van der Waals surface area contributed by atoms with Crippen LogP contribution in [0.2, 0.25) is 0 Å². The Morgan fingerprint density at radius 1 is 1.67 bits per heavy atom. The molecule has 6 heavy (non-hydrogen) atoms. The van der Waals surface area contributed by atoms with E-state index in [1.54, 1.807) is 6.92 Å². The minimum absolute atomic E-state index is 0.382. The van der Waals surface area contributed by atoms with Crippen molar-refractivity contribution < 1.29 is 4.57 Å². The van der Waals surface area contributed by atoms with Gasteiger partial charge in [-0.1, -0.05) is 6.92 Å². The van der Waals surface area contributed by atoms with E-state index in [4.69, 9.17) is 11.0 Å². The highest BCUT2D eigenvalue weighted by atomic mass is 31.2. The molecule has 4 N–H and O–H groups in total. The second-order valence-corrected chi connectivity index (χ2v) is 3.51. The van der Waals surface area contributed by atoms with Gasteiger partial charge in [0.05, 0.1) is 0 Å². The minimum Gasteiger partial charge on any atom is -0.290 e. The molecule has 0 bridgehead atoms. The first kappa shape index (κ1) is 6.15. The van der Waals surface area contributed by atoms with Gasteiger partial charge in [-0.3, -0.25) is 15.6 Å². The summed E-state index contributed by atoms with van der Waals surface area (Å²) in [6.45, 7) is 1.70. The summed E-state index contributed by atoms with van der Waals surface area (Å²) in [6, 6.07) is 0. The summed E-state index contributed by atoms with van der Waals surface area (Å²) >= 11 is 0. The summed E-state index contributed by atoms with van der Waals surface area (Å²) in [4.78, 5) is 0. The molecular formula is C2H9N2OP. The molecule has 3 nitrogen and oxygen atoms in total. The van der Waals surface area contributed by atoms with Gasteiger partial charge in [-0.2, -0.15) is 0 Å². The Bertz CT molecular complexity index is 75.6. The van der Waals surface area contributed by atoms with E-state index in [2.05, 4.69) is 0 Å². The maximum absolute atomic E-state index is 10.1. The van der Waals surface area contributed by atoms with Crippen LogP contribution in [0.3, 0.4) is 0 Å². The molecule has 0 atom stereocenters. The maximum Gasteiger partial charge on any atom is 0.205 e. The third-order valence-corrected chi connectivity index (χ3v) is 1.48. The molecule has 0 spiro atoms. The average Bonchev–Trinajstić information content (AvgIpc) is 1.35. The van der Waals surface area contributed by atoms with E-state index >= 15 is 0 Å². The second kappa shape index (κ2) is 1.73. The summed E-state index contributed by atoms with van der Waals surface area (Å²) in [7, 11) is -2.65. The van der Waals surface area contributed by atoms with Crippen molar-refractivity contribution >= 4 is 7.44 Å². The van der Waals surface area contributed by atoms with Gasteiger partial charge in [0.25, 0.3) is 0 Å². The Balaban J connectivity index is 3.48. The molecule has 0 aliphatic heterocycles. The van der Waals surface area contributed by atoms with Crippen LogP contribution in [0.15, 0.2) is 0 Å². The zero-order valence-corrected chi connectivity index (χ0v) is 4.61. The van der Waals surface area contributed by atoms with Crippen molar-refractivity contribution in [1.82, 2.24) is 0 Å². The largest absolute Gasteiger partial charge is 0.290 e. The monoisotopic (exact) mass is 108 g/mol. The van der Waals surface area contributed by atoms with Crippen LogP contribution < -0.4 is 11.0 Å². The molecule has 0 unspecified atom stereocenters. The fourth-order valence-electron chi connectivity index (χ4n) is 0. The van der Waals surface area contributed by atoms with Gasteiger partial charge in [-0.15, -0.1) is 0 Å². The van der Waals surface area contributed by atoms with Crippen molar-refractivity contribution in [2.24, 2.45) is 11.0 Å². The number of rotatable bonds is 1. The first-order valence-electron chi connectivity index (χ1n) is 1.72. The highest BCUT2D eigenvalue weighted by Crippen LogP contribution is 2.21. The standard InChI is InChI=1S/C2H9N2OP/c1-2-6(3,4)5/h2H2,1H3,(H4,3,4,5). The van der Waals surface area contributed by atoms with Crippen molar-refractivity contribution in [2.75, 3.05) is 6.16 Å². The summed E-state index contributed by atoms with van der Waals surface area (Å²) in [5.74, 6) is 0. The van der Waals surface area contributed by atoms with Gasteiger partial charge >= 0.3 is 0 Å². The summed E-state index contributed by atoms with van der Waals surface area (Å²) in [5, 5.41) is 0. The molecule has 0 aromatic carbocycles. The Morgan fingerprint density at radius 3 is 1.83 bits per heavy atom. The van der Waals surface area contributed by atoms with Crippen LogP contribution in [0.5, 0.6) is 0 Å². The topological polar surface area (TPSA) is 69.1 Å². The van der Waals surface area contributed by atoms with Crippen LogP contribution in [0.25, 0.3) is 0 Å². The molecule has 0 rings (SSSR count). The molecule has 38 valence electrons. The lowest BCUT2D eigenvalue weighted by atomic mass is 11.0. The van der Waals surface area contributed by atoms with E-state index in [1.165, 1.54) is 0 Å². The highest BCUT2D eigenvalue weighted by molar-refractivity contribution is 7.58. The first-order valence-corrected chi connectivity index (χ1v) is 3.75. The Morgan fingerprint density at radius 2 is 1.83 bits per heavy atom. The van der Waals surface area contributed by atoms with E-state index in [9.17, 15) is 4.57 Å². The lowest BCUT2D eigenvalue weighted by molar-refractivity contribution is 0.577. The van der Waals surface area contributed by atoms with Crippen molar-refractivity contribution in [3.63, 3.8) is 0 Å². The smallest absolute Gasteiger partial charge is 0.205 e. The first-order chi connectivity index (χ1) is 2.56. The van der Waals surface area contributed by atoms with Crippen molar-refractivity contribution in [3.8, 4) is 0 Å². The van der Waals surface area contributed by atoms with Gasteiger partial charge in [0, 0.05) is 6.16 Å². The van der Waals surface area contributed by atoms with Crippen molar-refractivity contribution in [3.05, 3.63) is 0 Å². The van der Waals surface area contributed by atoms with Crippen LogP contribution in [0, 0.1) is 0 Å². The molecule has 0 aliphatic carbocycles. The molecular weight excluding hydrogens is 99.0 g/mol. The molecule has 0 saturated carbocycles. The molecule has 0 fully saturated rings. The number of nitrogens with two attached hydrogens (primary N) is 2. The molecule has 0 aromatic heterocycles. The lowest BCUT2D eigenvalue weighted by Crippen LogP contribution is -2.05. The predicted octanol–water partition coefficient (Wildman–Crippen LogP) is 0.117. The Hall–Kier alpha value is 0.150. The fourth-order valence-corrected chi connectivity index (χ4v) is 0. The van der Waals surface area contributed by atoms with Crippen LogP contribution in [0.4, 0.5) is 0 Å². The van der Waals surface area contributed by atoms with Crippen molar-refractivity contribution in [1.29, 1.82) is 0 Å². The van der Waals surface area contributed by atoms with E-state index in [0.717, 1.165) is 0 Å². The van der Waals surface area contributed by atoms with Crippen molar-refractivity contribution in [2.45, 2.75) is 6.92 Å². The van der Waals surface area contributed by atoms with Crippen LogP contribution in [-0.2, 0) is 4.57 Å². The Labute approximate surface area is 37.2 Å². The zero-order valence-electron chi connectivity index (χ0n) is 3.72. The fraction of sp³-hybridized carbons (Fsp3) is 1.00. The zero-order chi connectivity index (χ0) is 5.21. The lowest BCUT2D eigenvalue weighted by Gasteiger charge is -1.96. The summed E-state index contributed by atoms with van der Waals surface area (Å²) < 4.78 is 10.1. The molecule has 0 heterocycles. The Kier molecular flexibility index (Phi) is 1.78. The average molecular weight is 108 g/mol. The molecule has 0 saturated heterocycles. The molecule has 0 aromatic rings. The highest BCUT2D eigenvalue weighted by Gasteiger charge is 1.99. The minimum atomic E-state index is -2.65. The molecule has 4 heteroatoms. The SMILES string of the molecule is CCP(N)(N)=O. The van der Waals surface area contributed by atoms with Crippen LogP contribution >= 0.6 is 7.44 Å². The van der Waals surface area contributed by atoms with Gasteiger partial charge in [0.2, 0.25) is 7.44 Å². The molecule has 0 radical (unpaired) electrons. The summed E-state index contributed by atoms with van der Waals surface area (Å²) in [6.07, 6.45) is 0.382. The summed E-state index contributed by atoms with van der Waals surface area (Å²) in [5.41, 5.74) is 9.74. The maximum atomic E-state index is 10.1. The van der Waals surface area contributed by atoms with Gasteiger partial charge in [-0.25, -0.2) is 0 Å². The van der Waals surface area contributed by atoms with Gasteiger partial charge in [0.1, 0.15) is 0 Å². The van der Waals surface area contributed by atoms with E-state index in [0.29, 0.717) is 6.16 Å². The molecule has 0 amide bonds. The number of hydrogen-bond donors (Lipinski definition) is 2. The van der Waals surface area contributed by atoms with Gasteiger partial charge < -0.3 is 0 Å². The van der Waals surface area contributed by atoms with E-state index < -0.39 is 7.44 Å². The van der Waals surface area contributed by atoms with Crippen LogP contribution in [-0.4, -0.2) is 6.16 Å². The van der Waals surface area contributed by atoms with Crippen LogP contribution in [0.1, 0.15) is 6.92 Å².